The van der Waals surface area contributed by atoms with Gasteiger partial charge in [0, 0.05) is 18.5 Å². The van der Waals surface area contributed by atoms with Gasteiger partial charge >= 0.3 is 0 Å². The minimum atomic E-state index is -0.355. The third kappa shape index (κ3) is 4.62. The Morgan fingerprint density at radius 3 is 2.59 bits per heavy atom. The summed E-state index contributed by atoms with van der Waals surface area (Å²) < 4.78 is 17.0. The average molecular weight is 437 g/mol. The van der Waals surface area contributed by atoms with Crippen molar-refractivity contribution in [3.05, 3.63) is 59.9 Å². The molecule has 0 bridgehead atoms. The van der Waals surface area contributed by atoms with Gasteiger partial charge in [-0.3, -0.25) is 9.59 Å². The average Bonchev–Trinajstić information content (AvgIpc) is 3.20. The Labute approximate surface area is 187 Å². The largest absolute Gasteiger partial charge is 0.483 e. The van der Waals surface area contributed by atoms with Gasteiger partial charge in [0.15, 0.2) is 6.61 Å². The Hall–Kier alpha value is -3.32. The topological polar surface area (TPSA) is 81.0 Å². The van der Waals surface area contributed by atoms with Gasteiger partial charge in [0.1, 0.15) is 17.0 Å². The van der Waals surface area contributed by atoms with Gasteiger partial charge in [0.05, 0.1) is 13.2 Å². The van der Waals surface area contributed by atoms with Crippen LogP contribution in [0.2, 0.25) is 0 Å². The van der Waals surface area contributed by atoms with Crippen LogP contribution in [0.1, 0.15) is 42.3 Å². The first-order chi connectivity index (χ1) is 15.6. The van der Waals surface area contributed by atoms with E-state index in [-0.39, 0.29) is 24.2 Å². The molecule has 4 rings (SSSR count). The van der Waals surface area contributed by atoms with E-state index in [1.54, 1.807) is 11.0 Å². The highest BCUT2D eigenvalue weighted by Gasteiger charge is 2.27. The lowest BCUT2D eigenvalue weighted by atomic mass is 9.98. The van der Waals surface area contributed by atoms with E-state index >= 15 is 0 Å². The molecule has 2 amide bonds. The maximum absolute atomic E-state index is 13.1. The Morgan fingerprint density at radius 2 is 1.81 bits per heavy atom. The third-order valence-electron chi connectivity index (χ3n) is 5.77. The Balaban J connectivity index is 1.54. The summed E-state index contributed by atoms with van der Waals surface area (Å²) in [5, 5.41) is 3.53. The molecule has 0 aliphatic carbocycles. The number of anilines is 1. The van der Waals surface area contributed by atoms with E-state index in [4.69, 9.17) is 13.9 Å². The third-order valence-corrected chi connectivity index (χ3v) is 5.77. The SMILES string of the molecule is CC[C@H](C)c1ccccc1OCC(=O)Nc1c(C(=O)N2CCOCC2)oc2ccccc12. The van der Waals surface area contributed by atoms with Crippen LogP contribution >= 0.6 is 0 Å². The molecular formula is C25H28N2O5. The van der Waals surface area contributed by atoms with E-state index in [1.165, 1.54) is 0 Å². The van der Waals surface area contributed by atoms with E-state index in [1.807, 2.05) is 42.5 Å². The van der Waals surface area contributed by atoms with Crippen molar-refractivity contribution in [3.63, 3.8) is 0 Å². The number of hydrogen-bond acceptors (Lipinski definition) is 5. The molecule has 1 aliphatic heterocycles. The van der Waals surface area contributed by atoms with Gasteiger partial charge in [-0.05, 0) is 36.1 Å². The molecule has 0 saturated carbocycles. The van der Waals surface area contributed by atoms with Crippen LogP contribution in [0, 0.1) is 0 Å². The number of carbonyl (C=O) groups is 2. The van der Waals surface area contributed by atoms with Crippen molar-refractivity contribution < 1.29 is 23.5 Å². The Kier molecular flexibility index (Phi) is 6.75. The summed E-state index contributed by atoms with van der Waals surface area (Å²) >= 11 is 0. The van der Waals surface area contributed by atoms with Gasteiger partial charge in [-0.15, -0.1) is 0 Å². The van der Waals surface area contributed by atoms with Crippen molar-refractivity contribution in [1.82, 2.24) is 4.90 Å². The number of para-hydroxylation sites is 2. The first-order valence-corrected chi connectivity index (χ1v) is 11.0. The molecule has 1 saturated heterocycles. The molecule has 1 aliphatic rings. The van der Waals surface area contributed by atoms with Crippen molar-refractivity contribution in [2.75, 3.05) is 38.2 Å². The van der Waals surface area contributed by atoms with Crippen LogP contribution in [0.3, 0.4) is 0 Å². The summed E-state index contributed by atoms with van der Waals surface area (Å²) in [6.07, 6.45) is 0.973. The lowest BCUT2D eigenvalue weighted by Gasteiger charge is -2.26. The molecule has 32 heavy (non-hydrogen) atoms. The predicted octanol–water partition coefficient (Wildman–Crippen LogP) is 4.44. The fraction of sp³-hybridized carbons (Fsp3) is 0.360. The van der Waals surface area contributed by atoms with Crippen LogP contribution in [0.5, 0.6) is 5.75 Å². The molecule has 7 heteroatoms. The summed E-state index contributed by atoms with van der Waals surface area (Å²) in [6.45, 7) is 6.01. The quantitative estimate of drug-likeness (QED) is 0.592. The summed E-state index contributed by atoms with van der Waals surface area (Å²) in [4.78, 5) is 27.6. The maximum atomic E-state index is 13.1. The Bertz CT molecular complexity index is 1100. The predicted molar refractivity (Wildman–Crippen MR) is 122 cm³/mol. The molecule has 2 aromatic carbocycles. The van der Waals surface area contributed by atoms with Crippen LogP contribution in [0.4, 0.5) is 5.69 Å². The minimum absolute atomic E-state index is 0.126. The molecule has 7 nitrogen and oxygen atoms in total. The number of nitrogens with one attached hydrogen (secondary N) is 1. The molecular weight excluding hydrogens is 408 g/mol. The van der Waals surface area contributed by atoms with Gasteiger partial charge in [0.25, 0.3) is 11.8 Å². The number of rotatable bonds is 7. The molecule has 0 spiro atoms. The molecule has 1 aromatic heterocycles. The standard InChI is InChI=1S/C25H28N2O5/c1-3-17(2)18-8-4-6-10-20(18)31-16-22(28)26-23-19-9-5-7-11-21(19)32-24(23)25(29)27-12-14-30-15-13-27/h4-11,17H,3,12-16H2,1-2H3,(H,26,28)/t17-/m0/s1. The summed E-state index contributed by atoms with van der Waals surface area (Å²) in [6, 6.07) is 15.0. The lowest BCUT2D eigenvalue weighted by Crippen LogP contribution is -2.40. The van der Waals surface area contributed by atoms with E-state index in [9.17, 15) is 9.59 Å². The summed E-state index contributed by atoms with van der Waals surface area (Å²) in [5.41, 5.74) is 1.99. The van der Waals surface area contributed by atoms with Crippen LogP contribution in [-0.4, -0.2) is 49.6 Å². The second-order valence-electron chi connectivity index (χ2n) is 7.89. The van der Waals surface area contributed by atoms with E-state index in [0.29, 0.717) is 54.6 Å². The van der Waals surface area contributed by atoms with Crippen LogP contribution in [0.25, 0.3) is 11.0 Å². The Morgan fingerprint density at radius 1 is 1.09 bits per heavy atom. The van der Waals surface area contributed by atoms with Gasteiger partial charge in [-0.2, -0.15) is 0 Å². The van der Waals surface area contributed by atoms with Crippen molar-refractivity contribution >= 4 is 28.5 Å². The van der Waals surface area contributed by atoms with Crippen molar-refractivity contribution in [1.29, 1.82) is 0 Å². The highest BCUT2D eigenvalue weighted by molar-refractivity contribution is 6.11. The number of benzene rings is 2. The van der Waals surface area contributed by atoms with Crippen LogP contribution in [0.15, 0.2) is 52.9 Å². The number of hydrogen-bond donors (Lipinski definition) is 1. The number of ether oxygens (including phenoxy) is 2. The van der Waals surface area contributed by atoms with Crippen molar-refractivity contribution in [2.45, 2.75) is 26.2 Å². The van der Waals surface area contributed by atoms with Crippen LogP contribution in [-0.2, 0) is 9.53 Å². The molecule has 168 valence electrons. The van der Waals surface area contributed by atoms with Gasteiger partial charge < -0.3 is 24.1 Å². The maximum Gasteiger partial charge on any atom is 0.291 e. The second-order valence-corrected chi connectivity index (χ2v) is 7.89. The zero-order chi connectivity index (χ0) is 22.5. The number of nitrogens with zero attached hydrogens (tertiary/aromatic N) is 1. The number of carbonyl (C=O) groups excluding carboxylic acids is 2. The first kappa shape index (κ1) is 21.9. The second kappa shape index (κ2) is 9.87. The van der Waals surface area contributed by atoms with E-state index in [2.05, 4.69) is 19.2 Å². The highest BCUT2D eigenvalue weighted by Crippen LogP contribution is 2.32. The number of amides is 2. The fourth-order valence-corrected chi connectivity index (χ4v) is 3.79. The summed E-state index contributed by atoms with van der Waals surface area (Å²) in [5.74, 6) is 0.527. The van der Waals surface area contributed by atoms with Gasteiger partial charge in [0.2, 0.25) is 5.76 Å². The molecule has 3 aromatic rings. The monoisotopic (exact) mass is 436 g/mol. The molecule has 2 heterocycles. The van der Waals surface area contributed by atoms with Gasteiger partial charge in [-0.1, -0.05) is 44.2 Å². The normalized spacial score (nSPS) is 14.9. The van der Waals surface area contributed by atoms with Crippen molar-refractivity contribution in [3.8, 4) is 5.75 Å². The van der Waals surface area contributed by atoms with E-state index < -0.39 is 0 Å². The highest BCUT2D eigenvalue weighted by atomic mass is 16.5. The fourth-order valence-electron chi connectivity index (χ4n) is 3.79. The zero-order valence-corrected chi connectivity index (χ0v) is 18.4. The zero-order valence-electron chi connectivity index (χ0n) is 18.4. The minimum Gasteiger partial charge on any atom is -0.483 e. The molecule has 1 atom stereocenters. The number of furan rings is 1. The smallest absolute Gasteiger partial charge is 0.291 e. The molecule has 0 radical (unpaired) electrons. The van der Waals surface area contributed by atoms with E-state index in [0.717, 1.165) is 12.0 Å². The first-order valence-electron chi connectivity index (χ1n) is 11.0. The lowest BCUT2D eigenvalue weighted by molar-refractivity contribution is -0.118. The molecule has 1 fully saturated rings. The number of fused-ring (bicyclic) bond motifs is 1. The van der Waals surface area contributed by atoms with Crippen LogP contribution < -0.4 is 10.1 Å². The number of morpholine rings is 1. The van der Waals surface area contributed by atoms with Gasteiger partial charge in [-0.25, -0.2) is 0 Å². The molecule has 1 N–H and O–H groups in total. The van der Waals surface area contributed by atoms with Crippen molar-refractivity contribution in [2.24, 2.45) is 0 Å². The summed E-state index contributed by atoms with van der Waals surface area (Å²) in [7, 11) is 0. The molecule has 0 unspecified atom stereocenters.